The van der Waals surface area contributed by atoms with Crippen molar-refractivity contribution in [2.45, 2.75) is 27.2 Å². The van der Waals surface area contributed by atoms with Gasteiger partial charge in [0.05, 0.1) is 7.11 Å². The maximum atomic E-state index is 5.74. The lowest BCUT2D eigenvalue weighted by atomic mass is 9.84. The maximum Gasteiger partial charge on any atom is 0.122 e. The molecule has 0 radical (unpaired) electrons. The Hall–Kier alpha value is -1.02. The van der Waals surface area contributed by atoms with Crippen molar-refractivity contribution in [3.8, 4) is 5.75 Å². The van der Waals surface area contributed by atoms with E-state index in [1.807, 2.05) is 12.1 Å². The second kappa shape index (κ2) is 4.67. The zero-order chi connectivity index (χ0) is 11.5. The number of benzene rings is 1. The molecule has 84 valence electrons. The van der Waals surface area contributed by atoms with Crippen LogP contribution in [0.4, 0.5) is 0 Å². The highest BCUT2D eigenvalue weighted by Crippen LogP contribution is 2.27. The van der Waals surface area contributed by atoms with Crippen LogP contribution in [0.25, 0.3) is 0 Å². The van der Waals surface area contributed by atoms with Gasteiger partial charge in [0.25, 0.3) is 0 Å². The van der Waals surface area contributed by atoms with Crippen molar-refractivity contribution in [1.29, 1.82) is 0 Å². The number of hydrogen-bond acceptors (Lipinski definition) is 2. The highest BCUT2D eigenvalue weighted by atomic mass is 16.5. The fraction of sp³-hybridized carbons (Fsp3) is 0.538. The summed E-state index contributed by atoms with van der Waals surface area (Å²) in [6.07, 6.45) is 0.993. The third-order valence-corrected chi connectivity index (χ3v) is 2.84. The molecule has 1 aromatic rings. The van der Waals surface area contributed by atoms with E-state index in [9.17, 15) is 0 Å². The summed E-state index contributed by atoms with van der Waals surface area (Å²) < 4.78 is 5.30. The predicted octanol–water partition coefficient (Wildman–Crippen LogP) is 2.53. The van der Waals surface area contributed by atoms with Crippen LogP contribution in [-0.2, 0) is 6.42 Å². The van der Waals surface area contributed by atoms with E-state index in [1.54, 1.807) is 7.11 Å². The molecule has 15 heavy (non-hydrogen) atoms. The van der Waals surface area contributed by atoms with E-state index in [2.05, 4.69) is 26.8 Å². The number of hydrogen-bond donors (Lipinski definition) is 1. The highest BCUT2D eigenvalue weighted by Gasteiger charge is 2.18. The molecule has 0 saturated carbocycles. The lowest BCUT2D eigenvalue weighted by molar-refractivity contribution is 0.373. The quantitative estimate of drug-likeness (QED) is 0.823. The molecule has 0 fully saturated rings. The maximum absolute atomic E-state index is 5.74. The van der Waals surface area contributed by atoms with Crippen LogP contribution < -0.4 is 10.5 Å². The van der Waals surface area contributed by atoms with E-state index in [1.165, 1.54) is 11.1 Å². The van der Waals surface area contributed by atoms with Crippen molar-refractivity contribution >= 4 is 0 Å². The van der Waals surface area contributed by atoms with Gasteiger partial charge in [0.15, 0.2) is 0 Å². The van der Waals surface area contributed by atoms with Gasteiger partial charge in [-0.25, -0.2) is 0 Å². The molecule has 0 unspecified atom stereocenters. The van der Waals surface area contributed by atoms with Crippen LogP contribution in [0.3, 0.4) is 0 Å². The van der Waals surface area contributed by atoms with Gasteiger partial charge in [0.2, 0.25) is 0 Å². The minimum Gasteiger partial charge on any atom is -0.496 e. The van der Waals surface area contributed by atoms with Gasteiger partial charge in [-0.2, -0.15) is 0 Å². The Morgan fingerprint density at radius 1 is 1.33 bits per heavy atom. The first kappa shape index (κ1) is 12.1. The normalized spacial score (nSPS) is 11.5. The van der Waals surface area contributed by atoms with E-state index >= 15 is 0 Å². The first-order valence-corrected chi connectivity index (χ1v) is 5.33. The average molecular weight is 207 g/mol. The molecule has 0 amide bonds. The van der Waals surface area contributed by atoms with Crippen LogP contribution in [-0.4, -0.2) is 13.7 Å². The molecule has 1 aromatic carbocycles. The van der Waals surface area contributed by atoms with Crippen LogP contribution in [0, 0.1) is 12.3 Å². The van der Waals surface area contributed by atoms with E-state index in [0.29, 0.717) is 6.54 Å². The first-order chi connectivity index (χ1) is 7.00. The van der Waals surface area contributed by atoms with Gasteiger partial charge in [-0.05, 0) is 42.5 Å². The van der Waals surface area contributed by atoms with Crippen LogP contribution in [0.15, 0.2) is 18.2 Å². The van der Waals surface area contributed by atoms with E-state index in [4.69, 9.17) is 10.5 Å². The Morgan fingerprint density at radius 3 is 2.53 bits per heavy atom. The Bertz CT molecular complexity index is 331. The topological polar surface area (TPSA) is 35.2 Å². The smallest absolute Gasteiger partial charge is 0.122 e. The molecule has 0 aliphatic carbocycles. The van der Waals surface area contributed by atoms with Crippen molar-refractivity contribution in [3.05, 3.63) is 29.3 Å². The first-order valence-electron chi connectivity index (χ1n) is 5.33. The molecule has 0 heterocycles. The fourth-order valence-corrected chi connectivity index (χ4v) is 1.66. The van der Waals surface area contributed by atoms with Crippen LogP contribution in [0.1, 0.15) is 25.0 Å². The van der Waals surface area contributed by atoms with Gasteiger partial charge in [0, 0.05) is 0 Å². The zero-order valence-electron chi connectivity index (χ0n) is 10.1. The largest absolute Gasteiger partial charge is 0.496 e. The molecule has 0 aromatic heterocycles. The van der Waals surface area contributed by atoms with Gasteiger partial charge in [-0.1, -0.05) is 26.0 Å². The van der Waals surface area contributed by atoms with Gasteiger partial charge < -0.3 is 10.5 Å². The average Bonchev–Trinajstić information content (AvgIpc) is 2.21. The van der Waals surface area contributed by atoms with E-state index in [0.717, 1.165) is 12.2 Å². The van der Waals surface area contributed by atoms with Crippen LogP contribution in [0.5, 0.6) is 5.75 Å². The highest BCUT2D eigenvalue weighted by molar-refractivity contribution is 5.39. The Labute approximate surface area is 92.4 Å². The third-order valence-electron chi connectivity index (χ3n) is 2.84. The SMILES string of the molecule is COc1cccc(CC(C)(C)CN)c1C. The summed E-state index contributed by atoms with van der Waals surface area (Å²) in [5.41, 5.74) is 8.44. The standard InChI is InChI=1S/C13H21NO/c1-10-11(8-13(2,3)9-14)6-5-7-12(10)15-4/h5-7H,8-9,14H2,1-4H3. The molecular formula is C13H21NO. The van der Waals surface area contributed by atoms with Crippen molar-refractivity contribution in [2.24, 2.45) is 11.1 Å². The summed E-state index contributed by atoms with van der Waals surface area (Å²) in [4.78, 5) is 0. The number of nitrogens with two attached hydrogens (primary N) is 1. The second-order valence-corrected chi connectivity index (χ2v) is 4.79. The summed E-state index contributed by atoms with van der Waals surface area (Å²) in [6.45, 7) is 7.17. The Morgan fingerprint density at radius 2 is 2.00 bits per heavy atom. The lowest BCUT2D eigenvalue weighted by Crippen LogP contribution is -2.26. The molecule has 0 aliphatic heterocycles. The third kappa shape index (κ3) is 2.96. The molecule has 0 saturated heterocycles. The summed E-state index contributed by atoms with van der Waals surface area (Å²) in [5, 5.41) is 0. The predicted molar refractivity (Wildman–Crippen MR) is 64.3 cm³/mol. The summed E-state index contributed by atoms with van der Waals surface area (Å²) in [5.74, 6) is 0.959. The number of rotatable bonds is 4. The molecule has 2 heteroatoms. The minimum absolute atomic E-state index is 0.150. The van der Waals surface area contributed by atoms with Crippen molar-refractivity contribution in [3.63, 3.8) is 0 Å². The molecule has 2 nitrogen and oxygen atoms in total. The Kier molecular flexibility index (Phi) is 3.75. The number of ether oxygens (including phenoxy) is 1. The molecule has 0 spiro atoms. The van der Waals surface area contributed by atoms with Crippen molar-refractivity contribution in [2.75, 3.05) is 13.7 Å². The number of methoxy groups -OCH3 is 1. The molecule has 0 atom stereocenters. The lowest BCUT2D eigenvalue weighted by Gasteiger charge is -2.23. The van der Waals surface area contributed by atoms with Crippen molar-refractivity contribution in [1.82, 2.24) is 0 Å². The van der Waals surface area contributed by atoms with Gasteiger partial charge in [-0.15, -0.1) is 0 Å². The van der Waals surface area contributed by atoms with E-state index in [-0.39, 0.29) is 5.41 Å². The zero-order valence-corrected chi connectivity index (χ0v) is 10.1. The summed E-state index contributed by atoms with van der Waals surface area (Å²) >= 11 is 0. The second-order valence-electron chi connectivity index (χ2n) is 4.79. The van der Waals surface area contributed by atoms with Gasteiger partial charge >= 0.3 is 0 Å². The van der Waals surface area contributed by atoms with E-state index < -0.39 is 0 Å². The molecule has 1 rings (SSSR count). The Balaban J connectivity index is 2.95. The summed E-state index contributed by atoms with van der Waals surface area (Å²) in [6, 6.07) is 6.18. The van der Waals surface area contributed by atoms with Crippen LogP contribution >= 0.6 is 0 Å². The molecule has 0 aliphatic rings. The van der Waals surface area contributed by atoms with Gasteiger partial charge in [-0.3, -0.25) is 0 Å². The molecule has 2 N–H and O–H groups in total. The molecular weight excluding hydrogens is 186 g/mol. The molecule has 0 bridgehead atoms. The minimum atomic E-state index is 0.150. The summed E-state index contributed by atoms with van der Waals surface area (Å²) in [7, 11) is 1.71. The monoisotopic (exact) mass is 207 g/mol. The van der Waals surface area contributed by atoms with Crippen molar-refractivity contribution < 1.29 is 4.74 Å². The van der Waals surface area contributed by atoms with Gasteiger partial charge in [0.1, 0.15) is 5.75 Å². The fourth-order valence-electron chi connectivity index (χ4n) is 1.66. The van der Waals surface area contributed by atoms with Crippen LogP contribution in [0.2, 0.25) is 0 Å².